The van der Waals surface area contributed by atoms with E-state index >= 15 is 0 Å². The van der Waals surface area contributed by atoms with Gasteiger partial charge in [0.1, 0.15) is 9.45 Å². The van der Waals surface area contributed by atoms with E-state index < -0.39 is 6.36 Å². The number of hydrogen-bond acceptors (Lipinski definition) is 2. The lowest BCUT2D eigenvalue weighted by Gasteiger charge is -2.08. The highest BCUT2D eigenvalue weighted by molar-refractivity contribution is 14.1. The minimum atomic E-state index is -4.67. The van der Waals surface area contributed by atoms with Crippen molar-refractivity contribution in [2.45, 2.75) is 6.36 Å². The largest absolute Gasteiger partial charge is 0.573 e. The van der Waals surface area contributed by atoms with Crippen molar-refractivity contribution in [1.82, 2.24) is 4.98 Å². The molecule has 0 spiro atoms. The minimum Gasteiger partial charge on any atom is -0.404 e. The van der Waals surface area contributed by atoms with Crippen molar-refractivity contribution in [2.75, 3.05) is 0 Å². The first kappa shape index (κ1) is 11.0. The molecule has 1 aromatic heterocycles. The van der Waals surface area contributed by atoms with Crippen molar-refractivity contribution in [3.8, 4) is 5.75 Å². The Hall–Kier alpha value is -0.0500. The van der Waals surface area contributed by atoms with Gasteiger partial charge in [-0.3, -0.25) is 0 Å². The normalized spacial score (nSPS) is 11.5. The predicted octanol–water partition coefficient (Wildman–Crippen LogP) is 3.35. The summed E-state index contributed by atoms with van der Waals surface area (Å²) in [6.07, 6.45) is -3.66. The van der Waals surface area contributed by atoms with Gasteiger partial charge in [-0.15, -0.1) is 13.2 Å². The summed E-state index contributed by atoms with van der Waals surface area (Å²) < 4.78 is 39.8. The molecule has 0 saturated carbocycles. The van der Waals surface area contributed by atoms with Crippen molar-refractivity contribution < 1.29 is 17.9 Å². The summed E-state index contributed by atoms with van der Waals surface area (Å²) in [7, 11) is 0. The van der Waals surface area contributed by atoms with Crippen LogP contribution >= 0.6 is 38.5 Å². The molecule has 0 radical (unpaired) electrons. The molecular formula is C6H2BrF3INO. The van der Waals surface area contributed by atoms with E-state index in [0.29, 0.717) is 8.17 Å². The first-order chi connectivity index (χ1) is 5.88. The number of alkyl halides is 3. The van der Waals surface area contributed by atoms with Crippen LogP contribution < -0.4 is 4.74 Å². The van der Waals surface area contributed by atoms with Crippen LogP contribution in [0.5, 0.6) is 5.75 Å². The molecule has 0 N–H and O–H groups in total. The fourth-order valence-corrected chi connectivity index (χ4v) is 1.22. The van der Waals surface area contributed by atoms with Crippen molar-refractivity contribution in [3.05, 3.63) is 20.4 Å². The number of aromatic nitrogens is 1. The van der Waals surface area contributed by atoms with Gasteiger partial charge < -0.3 is 4.74 Å². The van der Waals surface area contributed by atoms with Crippen molar-refractivity contribution in [2.24, 2.45) is 0 Å². The van der Waals surface area contributed by atoms with Crippen LogP contribution in [0.15, 0.2) is 16.7 Å². The van der Waals surface area contributed by atoms with Gasteiger partial charge in [0.05, 0.1) is 10.7 Å². The fourth-order valence-electron chi connectivity index (χ4n) is 0.593. The van der Waals surface area contributed by atoms with Gasteiger partial charge in [0.2, 0.25) is 0 Å². The molecule has 0 aromatic carbocycles. The summed E-state index contributed by atoms with van der Waals surface area (Å²) in [5.41, 5.74) is 0. The molecule has 0 aliphatic heterocycles. The zero-order valence-electron chi connectivity index (χ0n) is 5.90. The highest BCUT2D eigenvalue weighted by Gasteiger charge is 2.31. The van der Waals surface area contributed by atoms with Crippen LogP contribution in [0.1, 0.15) is 0 Å². The minimum absolute atomic E-state index is 0.334. The summed E-state index contributed by atoms with van der Waals surface area (Å²) in [5, 5.41) is 0. The molecule has 1 heterocycles. The van der Waals surface area contributed by atoms with E-state index in [4.69, 9.17) is 0 Å². The van der Waals surface area contributed by atoms with Crippen molar-refractivity contribution in [1.29, 1.82) is 0 Å². The van der Waals surface area contributed by atoms with Crippen LogP contribution in [0.3, 0.4) is 0 Å². The fraction of sp³-hybridized carbons (Fsp3) is 0.167. The molecule has 2 nitrogen and oxygen atoms in total. The standard InChI is InChI=1S/C6H2BrF3INO/c7-4-1-3(2-12-5(4)11)13-6(8,9)10/h1-2H. The topological polar surface area (TPSA) is 22.1 Å². The van der Waals surface area contributed by atoms with Crippen LogP contribution in [0.4, 0.5) is 13.2 Å². The Morgan fingerprint density at radius 2 is 2.08 bits per heavy atom. The van der Waals surface area contributed by atoms with Gasteiger partial charge in [0, 0.05) is 0 Å². The molecule has 7 heteroatoms. The molecule has 1 aromatic rings. The maximum Gasteiger partial charge on any atom is 0.573 e. The highest BCUT2D eigenvalue weighted by Crippen LogP contribution is 2.26. The molecule has 72 valence electrons. The number of ether oxygens (including phenoxy) is 1. The quantitative estimate of drug-likeness (QED) is 0.561. The maximum absolute atomic E-state index is 11.7. The number of nitrogens with zero attached hydrogens (tertiary/aromatic N) is 1. The number of pyridine rings is 1. The average Bonchev–Trinajstić information content (AvgIpc) is 1.94. The summed E-state index contributed by atoms with van der Waals surface area (Å²) >= 11 is 4.92. The molecule has 0 atom stereocenters. The molecule has 0 bridgehead atoms. The van der Waals surface area contributed by atoms with Crippen LogP contribution in [-0.4, -0.2) is 11.3 Å². The summed E-state index contributed by atoms with van der Waals surface area (Å²) in [6.45, 7) is 0. The van der Waals surface area contributed by atoms with Gasteiger partial charge in [-0.25, -0.2) is 4.98 Å². The second kappa shape index (κ2) is 3.99. The monoisotopic (exact) mass is 367 g/mol. The summed E-state index contributed by atoms with van der Waals surface area (Å²) in [5.74, 6) is -0.334. The van der Waals surface area contributed by atoms with Crippen LogP contribution in [0, 0.1) is 3.70 Å². The number of halogens is 5. The van der Waals surface area contributed by atoms with Crippen molar-refractivity contribution >= 4 is 38.5 Å². The second-order valence-corrected chi connectivity index (χ2v) is 3.87. The van der Waals surface area contributed by atoms with E-state index in [1.165, 1.54) is 6.07 Å². The van der Waals surface area contributed by atoms with Gasteiger partial charge in [0.25, 0.3) is 0 Å². The van der Waals surface area contributed by atoms with Crippen LogP contribution in [-0.2, 0) is 0 Å². The molecular weight excluding hydrogens is 366 g/mol. The first-order valence-electron chi connectivity index (χ1n) is 2.95. The van der Waals surface area contributed by atoms with Gasteiger partial charge in [0.15, 0.2) is 0 Å². The Balaban J connectivity index is 2.86. The third kappa shape index (κ3) is 3.67. The lowest BCUT2D eigenvalue weighted by atomic mass is 10.5. The van der Waals surface area contributed by atoms with E-state index in [2.05, 4.69) is 25.7 Å². The molecule has 0 aliphatic carbocycles. The van der Waals surface area contributed by atoms with Gasteiger partial charge >= 0.3 is 6.36 Å². The summed E-state index contributed by atoms with van der Waals surface area (Å²) in [4.78, 5) is 3.68. The molecule has 0 saturated heterocycles. The Bertz CT molecular complexity index is 317. The van der Waals surface area contributed by atoms with Crippen molar-refractivity contribution in [3.63, 3.8) is 0 Å². The lowest BCUT2D eigenvalue weighted by molar-refractivity contribution is -0.274. The van der Waals surface area contributed by atoms with E-state index in [1.807, 2.05) is 22.6 Å². The molecule has 0 fully saturated rings. The Morgan fingerprint density at radius 1 is 1.46 bits per heavy atom. The Labute approximate surface area is 93.8 Å². The van der Waals surface area contributed by atoms with E-state index in [0.717, 1.165) is 6.20 Å². The number of hydrogen-bond donors (Lipinski definition) is 0. The molecule has 13 heavy (non-hydrogen) atoms. The average molecular weight is 368 g/mol. The third-order valence-electron chi connectivity index (χ3n) is 1.00. The van der Waals surface area contributed by atoms with Gasteiger partial charge in [-0.2, -0.15) is 0 Å². The van der Waals surface area contributed by atoms with E-state index in [9.17, 15) is 13.2 Å². The second-order valence-electron chi connectivity index (χ2n) is 1.99. The molecule has 0 unspecified atom stereocenters. The predicted molar refractivity (Wildman–Crippen MR) is 51.3 cm³/mol. The lowest BCUT2D eigenvalue weighted by Crippen LogP contribution is -2.17. The first-order valence-corrected chi connectivity index (χ1v) is 4.82. The van der Waals surface area contributed by atoms with E-state index in [1.54, 1.807) is 0 Å². The molecule has 0 aliphatic rings. The zero-order chi connectivity index (χ0) is 10.1. The smallest absolute Gasteiger partial charge is 0.404 e. The van der Waals surface area contributed by atoms with Crippen LogP contribution in [0.25, 0.3) is 0 Å². The Morgan fingerprint density at radius 3 is 2.54 bits per heavy atom. The van der Waals surface area contributed by atoms with E-state index in [-0.39, 0.29) is 5.75 Å². The van der Waals surface area contributed by atoms with Gasteiger partial charge in [-0.1, -0.05) is 0 Å². The number of rotatable bonds is 1. The summed E-state index contributed by atoms with van der Waals surface area (Å²) in [6, 6.07) is 1.21. The van der Waals surface area contributed by atoms with Gasteiger partial charge in [-0.05, 0) is 44.6 Å². The molecule has 1 rings (SSSR count). The third-order valence-corrected chi connectivity index (χ3v) is 3.21. The molecule has 0 amide bonds. The SMILES string of the molecule is FC(F)(F)Oc1cnc(I)c(Br)c1. The highest BCUT2D eigenvalue weighted by atomic mass is 127. The zero-order valence-corrected chi connectivity index (χ0v) is 9.64. The maximum atomic E-state index is 11.7. The Kier molecular flexibility index (Phi) is 3.38. The van der Waals surface area contributed by atoms with Crippen LogP contribution in [0.2, 0.25) is 0 Å².